The lowest BCUT2D eigenvalue weighted by Crippen LogP contribution is -2.49. The van der Waals surface area contributed by atoms with Crippen LogP contribution < -0.4 is 0 Å². The highest BCUT2D eigenvalue weighted by molar-refractivity contribution is 6.13. The molecule has 0 radical (unpaired) electrons. The van der Waals surface area contributed by atoms with Crippen molar-refractivity contribution in [1.29, 1.82) is 0 Å². The van der Waals surface area contributed by atoms with Crippen LogP contribution in [0.15, 0.2) is 34.1 Å². The predicted molar refractivity (Wildman–Crippen MR) is 128 cm³/mol. The van der Waals surface area contributed by atoms with Gasteiger partial charge in [0.2, 0.25) is 0 Å². The zero-order valence-electron chi connectivity index (χ0n) is 21.5. The van der Waals surface area contributed by atoms with Gasteiger partial charge in [-0.2, -0.15) is 0 Å². The Hall–Kier alpha value is -2.70. The maximum absolute atomic E-state index is 12.8. The zero-order valence-corrected chi connectivity index (χ0v) is 21.5. The number of hydrogen-bond donors (Lipinski definition) is 0. The molecule has 5 aliphatic carbocycles. The van der Waals surface area contributed by atoms with E-state index in [0.29, 0.717) is 34.7 Å². The third-order valence-corrected chi connectivity index (χ3v) is 10.5. The van der Waals surface area contributed by atoms with Crippen molar-refractivity contribution in [3.63, 3.8) is 0 Å². The molecule has 192 valence electrons. The Balaban J connectivity index is 1.37. The molecule has 0 saturated heterocycles. The minimum atomic E-state index is -0.598. The van der Waals surface area contributed by atoms with Gasteiger partial charge in [-0.15, -0.1) is 0 Å². The van der Waals surface area contributed by atoms with Crippen molar-refractivity contribution >= 4 is 23.9 Å². The second kappa shape index (κ2) is 7.90. The summed E-state index contributed by atoms with van der Waals surface area (Å²) in [5.41, 5.74) is 3.22. The fraction of sp³-hybridized carbons (Fsp3) is 0.655. The van der Waals surface area contributed by atoms with Crippen LogP contribution in [0.4, 0.5) is 0 Å². The Morgan fingerprint density at radius 3 is 2.47 bits per heavy atom. The average Bonchev–Trinajstić information content (AvgIpc) is 3.26. The van der Waals surface area contributed by atoms with Crippen molar-refractivity contribution < 1.29 is 33.4 Å². The summed E-state index contributed by atoms with van der Waals surface area (Å²) in [7, 11) is 0. The lowest BCUT2D eigenvalue weighted by Gasteiger charge is -2.57. The number of ether oxygens (including phenoxy) is 3. The molecule has 7 atom stereocenters. The van der Waals surface area contributed by atoms with Crippen LogP contribution in [-0.2, 0) is 33.4 Å². The number of allylic oxidation sites excluding steroid dienone is 3. The summed E-state index contributed by atoms with van der Waals surface area (Å²) in [4.78, 5) is 48.8. The van der Waals surface area contributed by atoms with Crippen LogP contribution >= 0.6 is 0 Å². The minimum absolute atomic E-state index is 0.0331. The van der Waals surface area contributed by atoms with Gasteiger partial charge in [0.25, 0.3) is 0 Å². The lowest BCUT2D eigenvalue weighted by atomic mass is 9.47. The first-order valence-corrected chi connectivity index (χ1v) is 13.3. The standard InChI is InChI=1S/C29H34O7/c1-14(30)34-17-7-9-28(3)16(11-17)5-6-18-21(28)8-10-29(4)22(18)12-19-24-20(26(32)36-27(24)33)13-23(25(19)29)35-15(2)31/h5,17-19,21-22H,6-13H2,1-4H3. The van der Waals surface area contributed by atoms with E-state index in [1.807, 2.05) is 0 Å². The van der Waals surface area contributed by atoms with Crippen molar-refractivity contribution in [3.8, 4) is 0 Å². The molecular weight excluding hydrogens is 460 g/mol. The minimum Gasteiger partial charge on any atom is -0.462 e. The second-order valence-corrected chi connectivity index (χ2v) is 12.2. The number of rotatable bonds is 2. The number of fused-ring (bicyclic) bond motifs is 8. The molecule has 0 aromatic heterocycles. The quantitative estimate of drug-likeness (QED) is 0.237. The van der Waals surface area contributed by atoms with Gasteiger partial charge in [-0.05, 0) is 72.7 Å². The van der Waals surface area contributed by atoms with Crippen molar-refractivity contribution in [2.75, 3.05) is 0 Å². The van der Waals surface area contributed by atoms with Gasteiger partial charge < -0.3 is 14.2 Å². The van der Waals surface area contributed by atoms with Crippen molar-refractivity contribution in [2.24, 2.45) is 34.5 Å². The van der Waals surface area contributed by atoms with Gasteiger partial charge in [0.1, 0.15) is 11.9 Å². The molecule has 0 spiro atoms. The fourth-order valence-electron chi connectivity index (χ4n) is 9.07. The van der Waals surface area contributed by atoms with Gasteiger partial charge in [-0.25, -0.2) is 9.59 Å². The molecule has 36 heavy (non-hydrogen) atoms. The topological polar surface area (TPSA) is 96.0 Å². The molecule has 1 aliphatic heterocycles. The van der Waals surface area contributed by atoms with E-state index < -0.39 is 17.9 Å². The maximum Gasteiger partial charge on any atom is 0.343 e. The van der Waals surface area contributed by atoms with Gasteiger partial charge in [0.05, 0.1) is 11.1 Å². The highest BCUT2D eigenvalue weighted by Crippen LogP contribution is 2.69. The zero-order chi connectivity index (χ0) is 25.6. The predicted octanol–water partition coefficient (Wildman–Crippen LogP) is 4.71. The van der Waals surface area contributed by atoms with E-state index in [2.05, 4.69) is 19.9 Å². The first kappa shape index (κ1) is 23.7. The smallest absolute Gasteiger partial charge is 0.343 e. The molecule has 3 saturated carbocycles. The Labute approximate surface area is 211 Å². The summed E-state index contributed by atoms with van der Waals surface area (Å²) in [5.74, 6) is -0.142. The van der Waals surface area contributed by atoms with Crippen LogP contribution in [0.3, 0.4) is 0 Å². The van der Waals surface area contributed by atoms with E-state index in [9.17, 15) is 19.2 Å². The van der Waals surface area contributed by atoms with Crippen LogP contribution in [0, 0.1) is 34.5 Å². The SMILES string of the molecule is CC(=O)OC1=C2C(CC3C4CC=C5CC(OC(C)=O)CCC5(C)C4CCC23C)C2=C(C1)C(=O)OC2=O. The summed E-state index contributed by atoms with van der Waals surface area (Å²) in [5, 5.41) is 0. The van der Waals surface area contributed by atoms with Gasteiger partial charge in [-0.3, -0.25) is 9.59 Å². The summed E-state index contributed by atoms with van der Waals surface area (Å²) >= 11 is 0. The maximum atomic E-state index is 12.8. The highest BCUT2D eigenvalue weighted by Gasteiger charge is 2.63. The van der Waals surface area contributed by atoms with E-state index in [4.69, 9.17) is 14.2 Å². The largest absolute Gasteiger partial charge is 0.462 e. The summed E-state index contributed by atoms with van der Waals surface area (Å²) in [6.07, 6.45) is 8.96. The molecule has 6 rings (SSSR count). The molecule has 0 N–H and O–H groups in total. The first-order valence-electron chi connectivity index (χ1n) is 13.3. The summed E-state index contributed by atoms with van der Waals surface area (Å²) in [6.45, 7) is 7.53. The normalized spacial score (nSPS) is 40.9. The van der Waals surface area contributed by atoms with Crippen molar-refractivity contribution in [3.05, 3.63) is 34.1 Å². The Morgan fingerprint density at radius 2 is 1.75 bits per heavy atom. The summed E-state index contributed by atoms with van der Waals surface area (Å²) in [6, 6.07) is 0. The van der Waals surface area contributed by atoms with Crippen LogP contribution in [0.25, 0.3) is 0 Å². The molecule has 7 unspecified atom stereocenters. The molecule has 6 aliphatic rings. The molecule has 0 bridgehead atoms. The van der Waals surface area contributed by atoms with Gasteiger partial charge in [0, 0.05) is 32.6 Å². The molecular formula is C29H34O7. The third-order valence-electron chi connectivity index (χ3n) is 10.5. The number of carbonyl (C=O) groups excluding carboxylic acids is 4. The van der Waals surface area contributed by atoms with Crippen LogP contribution in [0.5, 0.6) is 0 Å². The Bertz CT molecular complexity index is 1190. The lowest BCUT2D eigenvalue weighted by molar-refractivity contribution is -0.151. The number of carbonyl (C=O) groups is 4. The van der Waals surface area contributed by atoms with Gasteiger partial charge in [0.15, 0.2) is 0 Å². The van der Waals surface area contributed by atoms with Crippen LogP contribution in [0.1, 0.15) is 79.1 Å². The highest BCUT2D eigenvalue weighted by atomic mass is 16.6. The van der Waals surface area contributed by atoms with Crippen LogP contribution in [-0.4, -0.2) is 30.0 Å². The molecule has 7 heteroatoms. The second-order valence-electron chi connectivity index (χ2n) is 12.2. The number of esters is 4. The van der Waals surface area contributed by atoms with E-state index in [1.54, 1.807) is 0 Å². The Morgan fingerprint density at radius 1 is 1.00 bits per heavy atom. The van der Waals surface area contributed by atoms with Crippen molar-refractivity contribution in [1.82, 2.24) is 0 Å². The first-order chi connectivity index (χ1) is 17.0. The van der Waals surface area contributed by atoms with Crippen LogP contribution in [0.2, 0.25) is 0 Å². The van der Waals surface area contributed by atoms with E-state index in [-0.39, 0.29) is 35.2 Å². The average molecular weight is 495 g/mol. The van der Waals surface area contributed by atoms with Crippen molar-refractivity contribution in [2.45, 2.75) is 85.2 Å². The van der Waals surface area contributed by atoms with Gasteiger partial charge >= 0.3 is 23.9 Å². The molecule has 0 amide bonds. The molecule has 0 aromatic rings. The molecule has 0 aromatic carbocycles. The molecule has 3 fully saturated rings. The monoisotopic (exact) mass is 494 g/mol. The van der Waals surface area contributed by atoms with E-state index in [0.717, 1.165) is 50.5 Å². The number of cyclic esters (lactones) is 2. The third kappa shape index (κ3) is 3.23. The Kier molecular flexibility index (Phi) is 5.20. The van der Waals surface area contributed by atoms with Gasteiger partial charge in [-0.1, -0.05) is 25.5 Å². The molecule has 1 heterocycles. The fourth-order valence-corrected chi connectivity index (χ4v) is 9.07. The molecule has 7 nitrogen and oxygen atoms in total. The van der Waals surface area contributed by atoms with E-state index >= 15 is 0 Å². The number of hydrogen-bond acceptors (Lipinski definition) is 7. The summed E-state index contributed by atoms with van der Waals surface area (Å²) < 4.78 is 16.3. The van der Waals surface area contributed by atoms with E-state index in [1.165, 1.54) is 19.4 Å².